The molecule has 0 bridgehead atoms. The number of aryl methyl sites for hydroxylation is 1. The fourth-order valence-electron chi connectivity index (χ4n) is 2.66. The monoisotopic (exact) mass is 417 g/mol. The zero-order valence-corrected chi connectivity index (χ0v) is 16.3. The van der Waals surface area contributed by atoms with Gasteiger partial charge in [-0.05, 0) is 25.1 Å². The van der Waals surface area contributed by atoms with Crippen LogP contribution in [0.4, 0.5) is 14.9 Å². The number of methoxy groups -OCH3 is 1. The number of benzene rings is 2. The van der Waals surface area contributed by atoms with Crippen LogP contribution in [-0.4, -0.2) is 19.0 Å². The summed E-state index contributed by atoms with van der Waals surface area (Å²) in [5, 5.41) is 3.07. The predicted octanol–water partition coefficient (Wildman–Crippen LogP) is 5.56. The Morgan fingerprint density at radius 3 is 2.52 bits per heavy atom. The second kappa shape index (κ2) is 8.79. The topological polar surface area (TPSA) is 77.8 Å². The van der Waals surface area contributed by atoms with Gasteiger partial charge in [0.25, 0.3) is 0 Å². The number of anilines is 1. The maximum absolute atomic E-state index is 14.3. The summed E-state index contributed by atoms with van der Waals surface area (Å²) in [5.74, 6) is -0.494. The van der Waals surface area contributed by atoms with E-state index in [2.05, 4.69) is 10.1 Å². The van der Waals surface area contributed by atoms with Crippen molar-refractivity contribution in [2.45, 2.75) is 13.0 Å². The molecule has 3 aromatic rings. The van der Waals surface area contributed by atoms with E-state index in [-0.39, 0.29) is 33.8 Å². The summed E-state index contributed by atoms with van der Waals surface area (Å²) >= 11 is 5.80. The summed E-state index contributed by atoms with van der Waals surface area (Å²) in [7, 11) is 1.17. The average Bonchev–Trinajstić information content (AvgIpc) is 3.07. The van der Waals surface area contributed by atoms with Crippen LogP contribution in [0.2, 0.25) is 5.02 Å². The van der Waals surface area contributed by atoms with E-state index in [0.717, 1.165) is 6.07 Å². The van der Waals surface area contributed by atoms with E-state index in [1.54, 1.807) is 37.3 Å². The second-order valence-electron chi connectivity index (χ2n) is 6.06. The van der Waals surface area contributed by atoms with Gasteiger partial charge in [-0.1, -0.05) is 41.9 Å². The lowest BCUT2D eigenvalue weighted by Gasteiger charge is -2.17. The molecule has 0 saturated heterocycles. The molecule has 1 atom stereocenters. The van der Waals surface area contributed by atoms with Crippen LogP contribution >= 0.6 is 11.6 Å². The third kappa shape index (κ3) is 4.75. The highest BCUT2D eigenvalue weighted by atomic mass is 35.5. The van der Waals surface area contributed by atoms with Crippen molar-refractivity contribution in [3.63, 3.8) is 0 Å². The number of rotatable bonds is 6. The maximum atomic E-state index is 14.3. The number of ketones is 1. The van der Waals surface area contributed by atoms with E-state index in [9.17, 15) is 14.0 Å². The Hall–Kier alpha value is -3.32. The van der Waals surface area contributed by atoms with Crippen molar-refractivity contribution in [1.29, 1.82) is 0 Å². The van der Waals surface area contributed by atoms with Gasteiger partial charge in [-0.25, -0.2) is 9.18 Å². The van der Waals surface area contributed by atoms with Gasteiger partial charge in [0, 0.05) is 16.7 Å². The molecule has 1 N–H and O–H groups in total. The van der Waals surface area contributed by atoms with Gasteiger partial charge in [0.2, 0.25) is 0 Å². The molecular weight excluding hydrogens is 401 g/mol. The molecule has 0 aliphatic heterocycles. The van der Waals surface area contributed by atoms with E-state index >= 15 is 0 Å². The first-order valence-corrected chi connectivity index (χ1v) is 8.94. The molecule has 8 heteroatoms. The van der Waals surface area contributed by atoms with Crippen LogP contribution in [0.25, 0.3) is 0 Å². The number of carbonyl (C=O) groups is 2. The molecule has 2 aromatic carbocycles. The SMILES string of the molecule is COC(=O)Oc1cc(C(Nc2ccc(Cl)cc2F)C(=O)c2ccccc2)oc1C. The maximum Gasteiger partial charge on any atom is 0.513 e. The molecule has 0 radical (unpaired) electrons. The van der Waals surface area contributed by atoms with Crippen LogP contribution in [-0.2, 0) is 4.74 Å². The van der Waals surface area contributed by atoms with Gasteiger partial charge >= 0.3 is 6.16 Å². The first-order valence-electron chi connectivity index (χ1n) is 8.56. The van der Waals surface area contributed by atoms with Crippen molar-refractivity contribution in [3.8, 4) is 5.75 Å². The van der Waals surface area contributed by atoms with Crippen molar-refractivity contribution >= 4 is 29.2 Å². The van der Waals surface area contributed by atoms with Gasteiger partial charge in [-0.3, -0.25) is 4.79 Å². The molecule has 1 aromatic heterocycles. The van der Waals surface area contributed by atoms with Crippen LogP contribution < -0.4 is 10.1 Å². The molecule has 29 heavy (non-hydrogen) atoms. The smallest absolute Gasteiger partial charge is 0.460 e. The fourth-order valence-corrected chi connectivity index (χ4v) is 2.82. The van der Waals surface area contributed by atoms with Crippen LogP contribution in [0.3, 0.4) is 0 Å². The summed E-state index contributed by atoms with van der Waals surface area (Å²) < 4.78 is 29.4. The van der Waals surface area contributed by atoms with Crippen LogP contribution in [0.5, 0.6) is 5.75 Å². The standard InChI is InChI=1S/C21H17ClFNO5/c1-12-17(29-21(26)27-2)11-18(28-12)19(20(25)13-6-4-3-5-7-13)24-16-9-8-14(22)10-15(16)23/h3-11,19,24H,1-2H3. The zero-order chi connectivity index (χ0) is 21.0. The van der Waals surface area contributed by atoms with Crippen LogP contribution in [0, 0.1) is 12.7 Å². The van der Waals surface area contributed by atoms with Crippen molar-refractivity contribution in [3.05, 3.63) is 82.5 Å². The lowest BCUT2D eigenvalue weighted by Crippen LogP contribution is -2.21. The summed E-state index contributed by atoms with van der Waals surface area (Å²) in [5.41, 5.74) is 0.456. The average molecular weight is 418 g/mol. The second-order valence-corrected chi connectivity index (χ2v) is 6.49. The number of hydrogen-bond acceptors (Lipinski definition) is 6. The lowest BCUT2D eigenvalue weighted by molar-refractivity contribution is 0.0960. The Balaban J connectivity index is 2.00. The number of nitrogens with one attached hydrogen (secondary N) is 1. The molecule has 6 nitrogen and oxygen atoms in total. The lowest BCUT2D eigenvalue weighted by atomic mass is 10.0. The Morgan fingerprint density at radius 1 is 1.14 bits per heavy atom. The number of Topliss-reactive ketones (excluding diaryl/α,β-unsaturated/α-hetero) is 1. The largest absolute Gasteiger partial charge is 0.513 e. The van der Waals surface area contributed by atoms with Gasteiger partial charge in [0.05, 0.1) is 12.8 Å². The highest BCUT2D eigenvalue weighted by molar-refractivity contribution is 6.30. The number of carbonyl (C=O) groups excluding carboxylic acids is 2. The molecular formula is C21H17ClFNO5. The van der Waals surface area contributed by atoms with Crippen molar-refractivity contribution in [2.75, 3.05) is 12.4 Å². The third-order valence-electron chi connectivity index (χ3n) is 4.09. The minimum atomic E-state index is -1.08. The quantitative estimate of drug-likeness (QED) is 0.417. The van der Waals surface area contributed by atoms with Crippen molar-refractivity contribution in [1.82, 2.24) is 0 Å². The van der Waals surface area contributed by atoms with E-state index < -0.39 is 18.0 Å². The molecule has 150 valence electrons. The highest BCUT2D eigenvalue weighted by Crippen LogP contribution is 2.32. The molecule has 0 spiro atoms. The fraction of sp³-hybridized carbons (Fsp3) is 0.143. The van der Waals surface area contributed by atoms with E-state index in [1.807, 2.05) is 0 Å². The number of ether oxygens (including phenoxy) is 2. The summed E-state index contributed by atoms with van der Waals surface area (Å²) in [6, 6.07) is 12.8. The van der Waals surface area contributed by atoms with Crippen LogP contribution in [0.1, 0.15) is 27.9 Å². The first kappa shape index (κ1) is 20.4. The van der Waals surface area contributed by atoms with Crippen LogP contribution in [0.15, 0.2) is 59.0 Å². The van der Waals surface area contributed by atoms with Crippen molar-refractivity contribution < 1.29 is 27.9 Å². The number of hydrogen-bond donors (Lipinski definition) is 1. The zero-order valence-electron chi connectivity index (χ0n) is 15.6. The minimum Gasteiger partial charge on any atom is -0.460 e. The Kier molecular flexibility index (Phi) is 6.19. The highest BCUT2D eigenvalue weighted by Gasteiger charge is 2.28. The summed E-state index contributed by atoms with van der Waals surface area (Å²) in [6.07, 6.45) is -0.928. The van der Waals surface area contributed by atoms with E-state index in [4.69, 9.17) is 20.8 Å². The van der Waals surface area contributed by atoms with Gasteiger partial charge < -0.3 is 19.2 Å². The molecule has 0 aliphatic rings. The molecule has 0 fully saturated rings. The molecule has 0 aliphatic carbocycles. The summed E-state index contributed by atoms with van der Waals surface area (Å²) in [4.78, 5) is 24.5. The normalized spacial score (nSPS) is 11.6. The minimum absolute atomic E-state index is 0.0631. The van der Waals surface area contributed by atoms with E-state index in [1.165, 1.54) is 25.3 Å². The molecule has 1 unspecified atom stereocenters. The Bertz CT molecular complexity index is 1030. The van der Waals surface area contributed by atoms with Gasteiger partial charge in [-0.2, -0.15) is 0 Å². The predicted molar refractivity (Wildman–Crippen MR) is 105 cm³/mol. The number of furan rings is 1. The molecule has 0 saturated carbocycles. The van der Waals surface area contributed by atoms with Crippen molar-refractivity contribution in [2.24, 2.45) is 0 Å². The first-order chi connectivity index (χ1) is 13.9. The Morgan fingerprint density at radius 2 is 1.86 bits per heavy atom. The summed E-state index contributed by atoms with van der Waals surface area (Å²) in [6.45, 7) is 1.56. The molecule has 3 rings (SSSR count). The Labute approximate surface area is 171 Å². The van der Waals surface area contributed by atoms with E-state index in [0.29, 0.717) is 5.56 Å². The third-order valence-corrected chi connectivity index (χ3v) is 4.32. The molecule has 0 amide bonds. The van der Waals surface area contributed by atoms with Gasteiger partial charge in [0.15, 0.2) is 11.5 Å². The number of halogens is 2. The molecule has 1 heterocycles. The van der Waals surface area contributed by atoms with Gasteiger partial charge in [0.1, 0.15) is 23.4 Å². The van der Waals surface area contributed by atoms with Gasteiger partial charge in [-0.15, -0.1) is 0 Å².